The van der Waals surface area contributed by atoms with Gasteiger partial charge in [0.05, 0.1) is 5.02 Å². The summed E-state index contributed by atoms with van der Waals surface area (Å²) in [5.74, 6) is 0.383. The lowest BCUT2D eigenvalue weighted by Gasteiger charge is -2.32. The molecular formula is C16H24ClFN2. The van der Waals surface area contributed by atoms with Crippen molar-refractivity contribution in [3.05, 3.63) is 34.6 Å². The summed E-state index contributed by atoms with van der Waals surface area (Å²) in [6, 6.07) is 5.06. The quantitative estimate of drug-likeness (QED) is 0.890. The molecule has 112 valence electrons. The molecule has 4 heteroatoms. The molecule has 2 nitrogen and oxygen atoms in total. The zero-order chi connectivity index (χ0) is 14.5. The molecule has 1 fully saturated rings. The minimum Gasteiger partial charge on any atom is -0.329 e. The number of hydrogen-bond donors (Lipinski definition) is 1. The number of likely N-dealkylation sites (N-methyl/N-ethyl adjacent to an activating group) is 1. The van der Waals surface area contributed by atoms with Crippen LogP contribution in [0.2, 0.25) is 5.02 Å². The van der Waals surface area contributed by atoms with Crippen molar-refractivity contribution in [3.8, 4) is 0 Å². The summed E-state index contributed by atoms with van der Waals surface area (Å²) in [5, 5.41) is 0.166. The molecule has 1 aliphatic carbocycles. The monoisotopic (exact) mass is 298 g/mol. The van der Waals surface area contributed by atoms with Crippen LogP contribution in [0.3, 0.4) is 0 Å². The summed E-state index contributed by atoms with van der Waals surface area (Å²) >= 11 is 5.74. The van der Waals surface area contributed by atoms with Gasteiger partial charge in [-0.15, -0.1) is 0 Å². The van der Waals surface area contributed by atoms with E-state index in [-0.39, 0.29) is 16.9 Å². The molecule has 1 atom stereocenters. The Kier molecular flexibility index (Phi) is 5.82. The molecule has 0 saturated heterocycles. The predicted molar refractivity (Wildman–Crippen MR) is 82.4 cm³/mol. The molecular weight excluding hydrogens is 275 g/mol. The smallest absolute Gasteiger partial charge is 0.142 e. The molecule has 1 saturated carbocycles. The first kappa shape index (κ1) is 15.7. The maximum absolute atomic E-state index is 13.6. The average Bonchev–Trinajstić information content (AvgIpc) is 2.44. The van der Waals surface area contributed by atoms with Crippen LogP contribution in [0.4, 0.5) is 4.39 Å². The Bertz CT molecular complexity index is 432. The highest BCUT2D eigenvalue weighted by atomic mass is 35.5. The minimum atomic E-state index is -0.367. The van der Waals surface area contributed by atoms with Crippen molar-refractivity contribution in [3.63, 3.8) is 0 Å². The first-order valence-corrected chi connectivity index (χ1v) is 7.85. The second-order valence-electron chi connectivity index (χ2n) is 5.87. The van der Waals surface area contributed by atoms with Gasteiger partial charge in [-0.2, -0.15) is 0 Å². The van der Waals surface area contributed by atoms with Gasteiger partial charge in [0.1, 0.15) is 5.82 Å². The van der Waals surface area contributed by atoms with Gasteiger partial charge in [-0.1, -0.05) is 36.9 Å². The summed E-state index contributed by atoms with van der Waals surface area (Å²) in [7, 11) is 2.08. The van der Waals surface area contributed by atoms with Crippen molar-refractivity contribution in [2.45, 2.75) is 38.1 Å². The van der Waals surface area contributed by atoms with Crippen LogP contribution in [0.15, 0.2) is 18.2 Å². The second-order valence-corrected chi connectivity index (χ2v) is 6.28. The lowest BCUT2D eigenvalue weighted by atomic mass is 9.88. The first-order valence-electron chi connectivity index (χ1n) is 7.47. The zero-order valence-corrected chi connectivity index (χ0v) is 12.9. The van der Waals surface area contributed by atoms with Crippen molar-refractivity contribution in [1.82, 2.24) is 4.90 Å². The van der Waals surface area contributed by atoms with Gasteiger partial charge in [-0.3, -0.25) is 4.90 Å². The van der Waals surface area contributed by atoms with Crippen LogP contribution in [0.25, 0.3) is 0 Å². The average molecular weight is 299 g/mol. The van der Waals surface area contributed by atoms with Crippen molar-refractivity contribution in [2.24, 2.45) is 11.7 Å². The molecule has 0 radical (unpaired) electrons. The highest BCUT2D eigenvalue weighted by molar-refractivity contribution is 6.30. The van der Waals surface area contributed by atoms with E-state index in [0.29, 0.717) is 6.54 Å². The van der Waals surface area contributed by atoms with Crippen molar-refractivity contribution < 1.29 is 4.39 Å². The van der Waals surface area contributed by atoms with Crippen molar-refractivity contribution in [1.29, 1.82) is 0 Å². The van der Waals surface area contributed by atoms with Crippen LogP contribution < -0.4 is 5.73 Å². The second kappa shape index (κ2) is 7.39. The van der Waals surface area contributed by atoms with E-state index in [1.54, 1.807) is 6.07 Å². The molecule has 1 aromatic carbocycles. The number of nitrogens with zero attached hydrogens (tertiary/aromatic N) is 1. The largest absolute Gasteiger partial charge is 0.329 e. The molecule has 20 heavy (non-hydrogen) atoms. The number of hydrogen-bond acceptors (Lipinski definition) is 2. The highest BCUT2D eigenvalue weighted by Gasteiger charge is 2.21. The summed E-state index contributed by atoms with van der Waals surface area (Å²) < 4.78 is 13.6. The van der Waals surface area contributed by atoms with Gasteiger partial charge in [0.25, 0.3) is 0 Å². The van der Waals surface area contributed by atoms with Gasteiger partial charge < -0.3 is 5.73 Å². The maximum Gasteiger partial charge on any atom is 0.142 e. The van der Waals surface area contributed by atoms with Crippen LogP contribution in [0.1, 0.15) is 43.7 Å². The van der Waals surface area contributed by atoms with E-state index in [1.807, 2.05) is 6.07 Å². The maximum atomic E-state index is 13.6. The van der Waals surface area contributed by atoms with Gasteiger partial charge in [0.2, 0.25) is 0 Å². The summed E-state index contributed by atoms with van der Waals surface area (Å²) in [6.45, 7) is 1.52. The Hall–Kier alpha value is -0.640. The van der Waals surface area contributed by atoms with Crippen molar-refractivity contribution >= 4 is 11.6 Å². The molecule has 1 aromatic rings. The Morgan fingerprint density at radius 2 is 2.05 bits per heavy atom. The number of halogens is 2. The molecule has 2 rings (SSSR count). The van der Waals surface area contributed by atoms with E-state index in [4.69, 9.17) is 17.3 Å². The van der Waals surface area contributed by atoms with Crippen LogP contribution in [-0.4, -0.2) is 25.0 Å². The molecule has 0 spiro atoms. The van der Waals surface area contributed by atoms with Crippen LogP contribution in [0, 0.1) is 11.7 Å². The van der Waals surface area contributed by atoms with E-state index < -0.39 is 0 Å². The number of nitrogens with two attached hydrogens (primary N) is 1. The van der Waals surface area contributed by atoms with Gasteiger partial charge in [0.15, 0.2) is 0 Å². The van der Waals surface area contributed by atoms with E-state index in [0.717, 1.165) is 18.0 Å². The highest BCUT2D eigenvalue weighted by Crippen LogP contribution is 2.28. The Labute approximate surface area is 126 Å². The van der Waals surface area contributed by atoms with E-state index >= 15 is 0 Å². The van der Waals surface area contributed by atoms with Crippen LogP contribution in [-0.2, 0) is 0 Å². The fourth-order valence-electron chi connectivity index (χ4n) is 3.19. The minimum absolute atomic E-state index is 0.0590. The van der Waals surface area contributed by atoms with Crippen LogP contribution in [0.5, 0.6) is 0 Å². The van der Waals surface area contributed by atoms with E-state index in [2.05, 4.69) is 11.9 Å². The predicted octanol–water partition coefficient (Wildman–Crippen LogP) is 3.99. The Balaban J connectivity index is 2.03. The molecule has 2 N–H and O–H groups in total. The fourth-order valence-corrected chi connectivity index (χ4v) is 3.31. The third kappa shape index (κ3) is 3.94. The van der Waals surface area contributed by atoms with Gasteiger partial charge in [-0.25, -0.2) is 4.39 Å². The third-order valence-corrected chi connectivity index (χ3v) is 4.66. The van der Waals surface area contributed by atoms with Gasteiger partial charge in [-0.05, 0) is 43.5 Å². The lowest BCUT2D eigenvalue weighted by molar-refractivity contribution is 0.185. The Morgan fingerprint density at radius 1 is 1.35 bits per heavy atom. The normalized spacial score (nSPS) is 18.4. The fraction of sp³-hybridized carbons (Fsp3) is 0.625. The van der Waals surface area contributed by atoms with Gasteiger partial charge >= 0.3 is 0 Å². The summed E-state index contributed by atoms with van der Waals surface area (Å²) in [4.78, 5) is 2.26. The van der Waals surface area contributed by atoms with Crippen LogP contribution >= 0.6 is 11.6 Å². The molecule has 1 aliphatic rings. The molecule has 0 heterocycles. The zero-order valence-electron chi connectivity index (χ0n) is 12.1. The standard InChI is InChI=1S/C16H24ClFN2/c1-20(11-12-5-3-2-4-6-12)16(10-19)13-7-8-14(17)15(18)9-13/h7-9,12,16H,2-6,10-11,19H2,1H3. The number of benzene rings is 1. The van der Waals surface area contributed by atoms with E-state index in [1.165, 1.54) is 38.2 Å². The van der Waals surface area contributed by atoms with Crippen molar-refractivity contribution in [2.75, 3.05) is 20.1 Å². The van der Waals surface area contributed by atoms with E-state index in [9.17, 15) is 4.39 Å². The third-order valence-electron chi connectivity index (χ3n) is 4.35. The topological polar surface area (TPSA) is 29.3 Å². The molecule has 0 aliphatic heterocycles. The first-order chi connectivity index (χ1) is 9.61. The lowest BCUT2D eigenvalue weighted by Crippen LogP contribution is -2.35. The number of rotatable bonds is 5. The molecule has 1 unspecified atom stereocenters. The Morgan fingerprint density at radius 3 is 2.65 bits per heavy atom. The summed E-state index contributed by atoms with van der Waals surface area (Å²) in [6.07, 6.45) is 6.64. The SMILES string of the molecule is CN(CC1CCCCC1)C(CN)c1ccc(Cl)c(F)c1. The molecule has 0 amide bonds. The molecule has 0 bridgehead atoms. The van der Waals surface area contributed by atoms with Gasteiger partial charge in [0, 0.05) is 19.1 Å². The summed E-state index contributed by atoms with van der Waals surface area (Å²) in [5.41, 5.74) is 6.81. The molecule has 0 aromatic heterocycles.